The Hall–Kier alpha value is -2.70. The molecule has 4 nitrogen and oxygen atoms in total. The zero-order valence-electron chi connectivity index (χ0n) is 10.4. The van der Waals surface area contributed by atoms with Crippen molar-refractivity contribution >= 4 is 5.97 Å². The molecule has 0 aliphatic carbocycles. The van der Waals surface area contributed by atoms with Gasteiger partial charge in [-0.3, -0.25) is 0 Å². The summed E-state index contributed by atoms with van der Waals surface area (Å²) in [7, 11) is 0. The molecule has 7 heteroatoms. The fourth-order valence-corrected chi connectivity index (χ4v) is 1.80. The van der Waals surface area contributed by atoms with E-state index in [2.05, 4.69) is 4.74 Å². The van der Waals surface area contributed by atoms with Crippen LogP contribution in [0.15, 0.2) is 42.5 Å². The number of benzene rings is 2. The van der Waals surface area contributed by atoms with Gasteiger partial charge in [-0.15, -0.1) is 13.2 Å². The molecule has 0 aliphatic heterocycles. The number of carbonyl (C=O) groups is 1. The van der Waals surface area contributed by atoms with Crippen LogP contribution in [0.5, 0.6) is 11.5 Å². The maximum Gasteiger partial charge on any atom is 0.573 e. The highest BCUT2D eigenvalue weighted by atomic mass is 19.4. The maximum atomic E-state index is 12.3. The first-order chi connectivity index (χ1) is 9.78. The molecule has 0 fully saturated rings. The Kier molecular flexibility index (Phi) is 3.75. The average molecular weight is 298 g/mol. The van der Waals surface area contributed by atoms with Crippen molar-refractivity contribution in [2.75, 3.05) is 0 Å². The van der Waals surface area contributed by atoms with Crippen LogP contribution in [0, 0.1) is 0 Å². The second-order valence-corrected chi connectivity index (χ2v) is 4.08. The van der Waals surface area contributed by atoms with E-state index in [9.17, 15) is 23.1 Å². The first kappa shape index (κ1) is 14.7. The molecule has 0 unspecified atom stereocenters. The SMILES string of the molecule is O=C(O)c1ccc(-c2ccccc2OC(F)(F)F)cc1O. The topological polar surface area (TPSA) is 66.8 Å². The Morgan fingerprint density at radius 3 is 2.33 bits per heavy atom. The van der Waals surface area contributed by atoms with Gasteiger partial charge in [0, 0.05) is 5.56 Å². The zero-order chi connectivity index (χ0) is 15.6. The van der Waals surface area contributed by atoms with Gasteiger partial charge < -0.3 is 14.9 Å². The Morgan fingerprint density at radius 1 is 1.10 bits per heavy atom. The second-order valence-electron chi connectivity index (χ2n) is 4.08. The molecule has 0 radical (unpaired) electrons. The summed E-state index contributed by atoms with van der Waals surface area (Å²) in [5.74, 6) is -2.31. The summed E-state index contributed by atoms with van der Waals surface area (Å²) >= 11 is 0. The van der Waals surface area contributed by atoms with E-state index in [4.69, 9.17) is 5.11 Å². The van der Waals surface area contributed by atoms with Crippen LogP contribution in [0.3, 0.4) is 0 Å². The van der Waals surface area contributed by atoms with E-state index in [1.54, 1.807) is 0 Å². The first-order valence-electron chi connectivity index (χ1n) is 5.69. The number of aromatic carboxylic acids is 1. The van der Waals surface area contributed by atoms with E-state index >= 15 is 0 Å². The van der Waals surface area contributed by atoms with Gasteiger partial charge in [-0.2, -0.15) is 0 Å². The monoisotopic (exact) mass is 298 g/mol. The van der Waals surface area contributed by atoms with Crippen LogP contribution in [-0.4, -0.2) is 22.5 Å². The van der Waals surface area contributed by atoms with Crippen LogP contribution in [0.25, 0.3) is 11.1 Å². The maximum absolute atomic E-state index is 12.3. The van der Waals surface area contributed by atoms with Crippen molar-refractivity contribution in [2.24, 2.45) is 0 Å². The molecule has 2 aromatic carbocycles. The second kappa shape index (κ2) is 5.35. The lowest BCUT2D eigenvalue weighted by Crippen LogP contribution is -2.17. The molecule has 0 amide bonds. The van der Waals surface area contributed by atoms with Crippen LogP contribution in [0.1, 0.15) is 10.4 Å². The van der Waals surface area contributed by atoms with Crippen molar-refractivity contribution in [1.29, 1.82) is 0 Å². The van der Waals surface area contributed by atoms with Gasteiger partial charge in [0.05, 0.1) is 0 Å². The minimum atomic E-state index is -4.85. The molecule has 0 saturated heterocycles. The molecule has 0 saturated carbocycles. The number of hydrogen-bond acceptors (Lipinski definition) is 3. The summed E-state index contributed by atoms with van der Waals surface area (Å²) in [4.78, 5) is 10.8. The van der Waals surface area contributed by atoms with Crippen LogP contribution in [-0.2, 0) is 0 Å². The van der Waals surface area contributed by atoms with E-state index < -0.39 is 23.8 Å². The molecule has 21 heavy (non-hydrogen) atoms. The van der Waals surface area contributed by atoms with Gasteiger partial charge in [0.15, 0.2) is 0 Å². The average Bonchev–Trinajstić information content (AvgIpc) is 2.36. The lowest BCUT2D eigenvalue weighted by molar-refractivity contribution is -0.274. The highest BCUT2D eigenvalue weighted by Gasteiger charge is 2.32. The van der Waals surface area contributed by atoms with Crippen molar-refractivity contribution in [3.63, 3.8) is 0 Å². The van der Waals surface area contributed by atoms with E-state index in [0.29, 0.717) is 0 Å². The number of para-hydroxylation sites is 1. The molecule has 110 valence electrons. The van der Waals surface area contributed by atoms with Crippen molar-refractivity contribution in [2.45, 2.75) is 6.36 Å². The number of aromatic hydroxyl groups is 1. The molecular formula is C14H9F3O4. The molecule has 2 aromatic rings. The van der Waals surface area contributed by atoms with E-state index in [1.807, 2.05) is 0 Å². The van der Waals surface area contributed by atoms with E-state index in [-0.39, 0.29) is 16.7 Å². The van der Waals surface area contributed by atoms with Gasteiger partial charge >= 0.3 is 12.3 Å². The van der Waals surface area contributed by atoms with Crippen LogP contribution in [0.2, 0.25) is 0 Å². The predicted octanol–water partition coefficient (Wildman–Crippen LogP) is 3.66. The quantitative estimate of drug-likeness (QED) is 0.907. The fraction of sp³-hybridized carbons (Fsp3) is 0.0714. The van der Waals surface area contributed by atoms with Crippen LogP contribution < -0.4 is 4.74 Å². The van der Waals surface area contributed by atoms with Crippen LogP contribution >= 0.6 is 0 Å². The van der Waals surface area contributed by atoms with Crippen LogP contribution in [0.4, 0.5) is 13.2 Å². The fourth-order valence-electron chi connectivity index (χ4n) is 1.80. The third kappa shape index (κ3) is 3.44. The molecule has 0 atom stereocenters. The van der Waals surface area contributed by atoms with Gasteiger partial charge in [0.1, 0.15) is 17.1 Å². The van der Waals surface area contributed by atoms with Crippen molar-refractivity contribution in [1.82, 2.24) is 0 Å². The summed E-state index contributed by atoms with van der Waals surface area (Å²) in [6.45, 7) is 0. The van der Waals surface area contributed by atoms with Crippen molar-refractivity contribution in [3.8, 4) is 22.6 Å². The standard InChI is InChI=1S/C14H9F3O4/c15-14(16,17)21-12-4-2-1-3-9(12)8-5-6-10(13(19)20)11(18)7-8/h1-7,18H,(H,19,20). The highest BCUT2D eigenvalue weighted by Crippen LogP contribution is 2.35. The first-order valence-corrected chi connectivity index (χ1v) is 5.69. The lowest BCUT2D eigenvalue weighted by atomic mass is 10.0. The Balaban J connectivity index is 2.47. The number of halogens is 3. The molecule has 0 aromatic heterocycles. The van der Waals surface area contributed by atoms with Gasteiger partial charge in [0.2, 0.25) is 0 Å². The molecule has 0 aliphatic rings. The summed E-state index contributed by atoms with van der Waals surface area (Å²) in [5.41, 5.74) is -0.0487. The highest BCUT2D eigenvalue weighted by molar-refractivity contribution is 5.92. The normalized spacial score (nSPS) is 11.2. The minimum Gasteiger partial charge on any atom is -0.507 e. The third-order valence-corrected chi connectivity index (χ3v) is 2.65. The Labute approximate surface area is 117 Å². The van der Waals surface area contributed by atoms with Gasteiger partial charge in [-0.25, -0.2) is 4.79 Å². The minimum absolute atomic E-state index is 0.0852. The number of carboxylic acid groups (broad SMARTS) is 1. The zero-order valence-corrected chi connectivity index (χ0v) is 10.4. The molecule has 2 N–H and O–H groups in total. The number of carboxylic acids is 1. The summed E-state index contributed by atoms with van der Waals surface area (Å²) in [6, 6.07) is 8.85. The summed E-state index contributed by atoms with van der Waals surface area (Å²) < 4.78 is 40.9. The third-order valence-electron chi connectivity index (χ3n) is 2.65. The number of ether oxygens (including phenoxy) is 1. The molecular weight excluding hydrogens is 289 g/mol. The molecule has 2 rings (SSSR count). The molecule has 0 heterocycles. The summed E-state index contributed by atoms with van der Waals surface area (Å²) in [6.07, 6.45) is -4.85. The Bertz CT molecular complexity index is 680. The number of rotatable bonds is 3. The van der Waals surface area contributed by atoms with E-state index in [0.717, 1.165) is 18.2 Å². The molecule has 0 spiro atoms. The number of alkyl halides is 3. The van der Waals surface area contributed by atoms with Gasteiger partial charge in [-0.05, 0) is 23.8 Å². The number of phenols is 1. The van der Waals surface area contributed by atoms with Crippen molar-refractivity contribution in [3.05, 3.63) is 48.0 Å². The summed E-state index contributed by atoms with van der Waals surface area (Å²) in [5, 5.41) is 18.4. The lowest BCUT2D eigenvalue weighted by Gasteiger charge is -2.13. The smallest absolute Gasteiger partial charge is 0.507 e. The largest absolute Gasteiger partial charge is 0.573 e. The van der Waals surface area contributed by atoms with Gasteiger partial charge in [0.25, 0.3) is 0 Å². The van der Waals surface area contributed by atoms with Gasteiger partial charge in [-0.1, -0.05) is 24.3 Å². The van der Waals surface area contributed by atoms with E-state index in [1.165, 1.54) is 24.3 Å². The Morgan fingerprint density at radius 2 is 1.76 bits per heavy atom. The molecule has 0 bridgehead atoms. The van der Waals surface area contributed by atoms with Crippen molar-refractivity contribution < 1.29 is 32.9 Å². The number of hydrogen-bond donors (Lipinski definition) is 2. The predicted molar refractivity (Wildman–Crippen MR) is 67.2 cm³/mol.